The zero-order valence-electron chi connectivity index (χ0n) is 30.5. The van der Waals surface area contributed by atoms with Crippen molar-refractivity contribution in [3.8, 4) is 45.5 Å². The summed E-state index contributed by atoms with van der Waals surface area (Å²) in [5.41, 5.74) is 6.50. The molecule has 2 aliphatic carbocycles. The molecule has 0 unspecified atom stereocenters. The summed E-state index contributed by atoms with van der Waals surface area (Å²) in [5.74, 6) is 2.07. The lowest BCUT2D eigenvalue weighted by Gasteiger charge is -2.47. The van der Waals surface area contributed by atoms with Crippen LogP contribution in [0.25, 0.3) is 39.0 Å². The second-order valence-electron chi connectivity index (χ2n) is 14.8. The number of carbonyl (C=O) groups excluding carboxylic acids is 1. The third-order valence-corrected chi connectivity index (χ3v) is 11.2. The van der Waals surface area contributed by atoms with Gasteiger partial charge in [-0.1, -0.05) is 48.0 Å². The molecule has 3 aliphatic rings. The van der Waals surface area contributed by atoms with Crippen LogP contribution in [0.2, 0.25) is 5.02 Å². The van der Waals surface area contributed by atoms with Crippen molar-refractivity contribution in [2.45, 2.75) is 63.9 Å². The molecule has 53 heavy (non-hydrogen) atoms. The molecule has 1 saturated heterocycles. The topological polar surface area (TPSA) is 123 Å². The molecule has 12 heteroatoms. The Kier molecular flexibility index (Phi) is 9.53. The standard InChI is InChI=1S/C41H45ClN6O5/c1-41(40(50)45-25-12-13-25)22-47(23-41)21-33-36(51-2)17-27(18-37(33)52-3)48-35-10-6-7-29(32(35)20-44-48)30-8-5-9-31(38(30)42)34-14-11-24(39(46-34)53-4)19-43-26-15-28(49)16-26/h5-11,14,17-18,20,25-26,28,43,49H,12-13,15-16,19,21-23H2,1-4H3,(H,45,50). The number of halogens is 1. The molecule has 0 bridgehead atoms. The Morgan fingerprint density at radius 3 is 2.32 bits per heavy atom. The number of nitrogens with one attached hydrogen (secondary N) is 2. The summed E-state index contributed by atoms with van der Waals surface area (Å²) in [6, 6.07) is 20.7. The average Bonchev–Trinajstić information content (AvgIpc) is 3.86. The number of aliphatic hydroxyl groups is 1. The number of aromatic nitrogens is 3. The molecule has 3 fully saturated rings. The molecule has 8 rings (SSSR count). The van der Waals surface area contributed by atoms with E-state index in [-0.39, 0.29) is 17.4 Å². The molecule has 5 aromatic rings. The van der Waals surface area contributed by atoms with E-state index in [1.807, 2.05) is 72.4 Å². The minimum absolute atomic E-state index is 0.143. The minimum atomic E-state index is -0.385. The largest absolute Gasteiger partial charge is 0.496 e. The number of nitrogens with zero attached hydrogens (tertiary/aromatic N) is 4. The molecule has 276 valence electrons. The minimum Gasteiger partial charge on any atom is -0.496 e. The van der Waals surface area contributed by atoms with Crippen LogP contribution in [-0.2, 0) is 17.9 Å². The van der Waals surface area contributed by atoms with E-state index in [0.29, 0.717) is 66.4 Å². The Hall–Kier alpha value is -4.68. The monoisotopic (exact) mass is 736 g/mol. The van der Waals surface area contributed by atoms with Gasteiger partial charge in [0.1, 0.15) is 11.5 Å². The summed E-state index contributed by atoms with van der Waals surface area (Å²) in [6.45, 7) is 4.59. The summed E-state index contributed by atoms with van der Waals surface area (Å²) in [4.78, 5) is 19.9. The van der Waals surface area contributed by atoms with E-state index >= 15 is 0 Å². The molecule has 2 saturated carbocycles. The average molecular weight is 737 g/mol. The van der Waals surface area contributed by atoms with Crippen LogP contribution in [0.1, 0.15) is 43.7 Å². The first-order chi connectivity index (χ1) is 25.7. The van der Waals surface area contributed by atoms with Gasteiger partial charge < -0.3 is 30.0 Å². The third-order valence-electron chi connectivity index (χ3n) is 10.8. The number of ether oxygens (including phenoxy) is 3. The van der Waals surface area contributed by atoms with Crippen LogP contribution in [-0.4, -0.2) is 83.3 Å². The summed E-state index contributed by atoms with van der Waals surface area (Å²) in [6.07, 6.45) is 5.33. The maximum atomic E-state index is 12.8. The van der Waals surface area contributed by atoms with Crippen molar-refractivity contribution in [3.63, 3.8) is 0 Å². The first-order valence-corrected chi connectivity index (χ1v) is 18.6. The molecule has 0 atom stereocenters. The highest BCUT2D eigenvalue weighted by molar-refractivity contribution is 6.36. The number of hydrogen-bond acceptors (Lipinski definition) is 9. The highest BCUT2D eigenvalue weighted by Gasteiger charge is 2.46. The molecule has 1 amide bonds. The van der Waals surface area contributed by atoms with Gasteiger partial charge in [-0.15, -0.1) is 0 Å². The molecular formula is C41H45ClN6O5. The second-order valence-corrected chi connectivity index (χ2v) is 15.2. The third kappa shape index (κ3) is 6.83. The zero-order chi connectivity index (χ0) is 36.9. The number of rotatable bonds is 13. The van der Waals surface area contributed by atoms with Crippen molar-refractivity contribution in [1.82, 2.24) is 30.3 Å². The van der Waals surface area contributed by atoms with E-state index in [9.17, 15) is 9.90 Å². The van der Waals surface area contributed by atoms with Crippen molar-refractivity contribution >= 4 is 28.4 Å². The van der Waals surface area contributed by atoms with Gasteiger partial charge in [0.2, 0.25) is 11.8 Å². The molecule has 3 heterocycles. The molecule has 3 aromatic carbocycles. The molecule has 1 aliphatic heterocycles. The molecule has 2 aromatic heterocycles. The molecule has 11 nitrogen and oxygen atoms in total. The van der Waals surface area contributed by atoms with Crippen LogP contribution in [0.3, 0.4) is 0 Å². The lowest BCUT2D eigenvalue weighted by molar-refractivity contribution is -0.140. The predicted molar refractivity (Wildman–Crippen MR) is 205 cm³/mol. The normalized spacial score (nSPS) is 19.4. The lowest BCUT2D eigenvalue weighted by Crippen LogP contribution is -2.61. The van der Waals surface area contributed by atoms with Crippen LogP contribution in [0.4, 0.5) is 0 Å². The van der Waals surface area contributed by atoms with Gasteiger partial charge in [0.15, 0.2) is 0 Å². The van der Waals surface area contributed by atoms with Gasteiger partial charge >= 0.3 is 0 Å². The van der Waals surface area contributed by atoms with Gasteiger partial charge in [0.05, 0.1) is 66.5 Å². The number of pyridine rings is 1. The van der Waals surface area contributed by atoms with Gasteiger partial charge in [-0.05, 0) is 50.3 Å². The van der Waals surface area contributed by atoms with Crippen molar-refractivity contribution in [1.29, 1.82) is 0 Å². The van der Waals surface area contributed by atoms with Crippen LogP contribution < -0.4 is 24.8 Å². The van der Waals surface area contributed by atoms with Gasteiger partial charge in [-0.3, -0.25) is 9.69 Å². The lowest BCUT2D eigenvalue weighted by atomic mass is 9.80. The number of methoxy groups -OCH3 is 3. The van der Waals surface area contributed by atoms with E-state index in [0.717, 1.165) is 70.1 Å². The Bertz CT molecular complexity index is 2150. The number of fused-ring (bicyclic) bond motifs is 1. The van der Waals surface area contributed by atoms with Crippen molar-refractivity contribution < 1.29 is 24.1 Å². The number of hydrogen-bond donors (Lipinski definition) is 3. The highest BCUT2D eigenvalue weighted by atomic mass is 35.5. The van der Waals surface area contributed by atoms with Crippen LogP contribution >= 0.6 is 11.6 Å². The fraction of sp³-hybridized carbons (Fsp3) is 0.390. The zero-order valence-corrected chi connectivity index (χ0v) is 31.2. The van der Waals surface area contributed by atoms with Gasteiger partial charge in [-0.2, -0.15) is 5.10 Å². The SMILES string of the molecule is COc1cc(-n2ncc3c(-c4cccc(-c5ccc(CNC6CC(O)C6)c(OC)n5)c4Cl)cccc32)cc(OC)c1CN1CC(C)(C(=O)NC2CC2)C1. The summed E-state index contributed by atoms with van der Waals surface area (Å²) in [5, 5.41) is 22.6. The Balaban J connectivity index is 1.06. The Morgan fingerprint density at radius 1 is 0.943 bits per heavy atom. The Labute approximate surface area is 314 Å². The van der Waals surface area contributed by atoms with Crippen molar-refractivity contribution in [3.05, 3.63) is 83.0 Å². The van der Waals surface area contributed by atoms with Crippen LogP contribution in [0, 0.1) is 5.41 Å². The fourth-order valence-electron chi connectivity index (χ4n) is 7.62. The fourth-order valence-corrected chi connectivity index (χ4v) is 7.95. The van der Waals surface area contributed by atoms with E-state index < -0.39 is 0 Å². The van der Waals surface area contributed by atoms with E-state index in [4.69, 9.17) is 35.9 Å². The Morgan fingerprint density at radius 2 is 1.64 bits per heavy atom. The molecular weight excluding hydrogens is 692 g/mol. The number of amides is 1. The summed E-state index contributed by atoms with van der Waals surface area (Å²) < 4.78 is 19.4. The first kappa shape index (κ1) is 35.4. The van der Waals surface area contributed by atoms with Gasteiger partial charge in [0.25, 0.3) is 0 Å². The molecule has 0 radical (unpaired) electrons. The molecule has 0 spiro atoms. The van der Waals surface area contributed by atoms with Crippen LogP contribution in [0.15, 0.2) is 66.9 Å². The van der Waals surface area contributed by atoms with Crippen LogP contribution in [0.5, 0.6) is 17.4 Å². The first-order valence-electron chi connectivity index (χ1n) is 18.2. The number of aliphatic hydroxyl groups excluding tert-OH is 1. The molecule has 3 N–H and O–H groups in total. The number of likely N-dealkylation sites (tertiary alicyclic amines) is 1. The highest BCUT2D eigenvalue weighted by Crippen LogP contribution is 2.42. The van der Waals surface area contributed by atoms with E-state index in [1.165, 1.54) is 0 Å². The maximum absolute atomic E-state index is 12.8. The maximum Gasteiger partial charge on any atom is 0.228 e. The van der Waals surface area contributed by atoms with Gasteiger partial charge in [0, 0.05) is 72.5 Å². The quantitative estimate of drug-likeness (QED) is 0.131. The summed E-state index contributed by atoms with van der Waals surface area (Å²) >= 11 is 7.19. The number of benzene rings is 3. The van der Waals surface area contributed by atoms with Crippen molar-refractivity contribution in [2.75, 3.05) is 34.4 Å². The van der Waals surface area contributed by atoms with Gasteiger partial charge in [-0.25, -0.2) is 9.67 Å². The van der Waals surface area contributed by atoms with Crippen molar-refractivity contribution in [2.24, 2.45) is 5.41 Å². The summed E-state index contributed by atoms with van der Waals surface area (Å²) in [7, 11) is 4.95. The smallest absolute Gasteiger partial charge is 0.228 e. The predicted octanol–water partition coefficient (Wildman–Crippen LogP) is 6.15. The van der Waals surface area contributed by atoms with E-state index in [2.05, 4.69) is 21.6 Å². The van der Waals surface area contributed by atoms with E-state index in [1.54, 1.807) is 21.3 Å². The number of carbonyl (C=O) groups is 1. The second kappa shape index (κ2) is 14.3.